The van der Waals surface area contributed by atoms with E-state index in [1.54, 1.807) is 7.11 Å². The third kappa shape index (κ3) is 5.37. The fourth-order valence-electron chi connectivity index (χ4n) is 3.84. The lowest BCUT2D eigenvalue weighted by atomic mass is 10.1. The molecule has 2 heterocycles. The number of anilines is 1. The van der Waals surface area contributed by atoms with Crippen LogP contribution in [0.4, 0.5) is 5.82 Å². The molecule has 1 saturated heterocycles. The van der Waals surface area contributed by atoms with Crippen molar-refractivity contribution in [3.05, 3.63) is 64.7 Å². The standard InChI is InChI=1S/C25H27ClN4O3/c1-17-13-21(14-18(2)25(17)26)33-16-24(31)30-11-9-29(10-12-30)23-8-7-22(27-28-23)19-5-4-6-20(15-19)32-3/h4-8,13-15H,9-12,16H2,1-3H3. The highest BCUT2D eigenvalue weighted by molar-refractivity contribution is 6.32. The van der Waals surface area contributed by atoms with Crippen molar-refractivity contribution in [1.29, 1.82) is 0 Å². The molecular formula is C25H27ClN4O3. The van der Waals surface area contributed by atoms with Crippen LogP contribution in [0.2, 0.25) is 5.02 Å². The molecule has 0 saturated carbocycles. The molecule has 0 aliphatic carbocycles. The summed E-state index contributed by atoms with van der Waals surface area (Å²) in [6, 6.07) is 15.4. The summed E-state index contributed by atoms with van der Waals surface area (Å²) in [4.78, 5) is 16.6. The number of methoxy groups -OCH3 is 1. The van der Waals surface area contributed by atoms with Crippen molar-refractivity contribution < 1.29 is 14.3 Å². The second-order valence-corrected chi connectivity index (χ2v) is 8.41. The summed E-state index contributed by atoms with van der Waals surface area (Å²) in [5, 5.41) is 9.51. The SMILES string of the molecule is COc1cccc(-c2ccc(N3CCN(C(=O)COc4cc(C)c(Cl)c(C)c4)CC3)nn2)c1. The Kier molecular flexibility index (Phi) is 6.99. The first-order chi connectivity index (χ1) is 15.9. The van der Waals surface area contributed by atoms with Crippen molar-refractivity contribution in [2.45, 2.75) is 13.8 Å². The molecule has 4 rings (SSSR count). The van der Waals surface area contributed by atoms with E-state index in [2.05, 4.69) is 15.1 Å². The largest absolute Gasteiger partial charge is 0.497 e. The Bertz CT molecular complexity index is 1110. The Morgan fingerprint density at radius 3 is 2.33 bits per heavy atom. The predicted molar refractivity (Wildman–Crippen MR) is 129 cm³/mol. The molecule has 1 fully saturated rings. The lowest BCUT2D eigenvalue weighted by Gasteiger charge is -2.35. The van der Waals surface area contributed by atoms with Crippen LogP contribution in [0.25, 0.3) is 11.3 Å². The van der Waals surface area contributed by atoms with Crippen molar-refractivity contribution in [1.82, 2.24) is 15.1 Å². The van der Waals surface area contributed by atoms with Crippen LogP contribution in [-0.2, 0) is 4.79 Å². The van der Waals surface area contributed by atoms with Gasteiger partial charge in [0.05, 0.1) is 12.8 Å². The summed E-state index contributed by atoms with van der Waals surface area (Å²) in [5.41, 5.74) is 3.61. The lowest BCUT2D eigenvalue weighted by molar-refractivity contribution is -0.133. The molecule has 1 aliphatic rings. The summed E-state index contributed by atoms with van der Waals surface area (Å²) >= 11 is 6.20. The Hall–Kier alpha value is -3.32. The minimum atomic E-state index is -0.0284. The van der Waals surface area contributed by atoms with Crippen LogP contribution >= 0.6 is 11.6 Å². The molecule has 1 amide bonds. The molecule has 0 spiro atoms. The number of aryl methyl sites for hydroxylation is 2. The maximum absolute atomic E-state index is 12.6. The van der Waals surface area contributed by atoms with E-state index in [4.69, 9.17) is 21.1 Å². The molecule has 8 heteroatoms. The number of aromatic nitrogens is 2. The monoisotopic (exact) mass is 466 g/mol. The number of ether oxygens (including phenoxy) is 2. The average molecular weight is 467 g/mol. The van der Waals surface area contributed by atoms with Gasteiger partial charge in [-0.25, -0.2) is 0 Å². The summed E-state index contributed by atoms with van der Waals surface area (Å²) in [5.74, 6) is 2.22. The summed E-state index contributed by atoms with van der Waals surface area (Å²) in [7, 11) is 1.64. The van der Waals surface area contributed by atoms with Crippen LogP contribution in [0.1, 0.15) is 11.1 Å². The second kappa shape index (κ2) is 10.1. The molecule has 0 radical (unpaired) electrons. The van der Waals surface area contributed by atoms with Gasteiger partial charge in [-0.05, 0) is 61.4 Å². The molecule has 7 nitrogen and oxygen atoms in total. The molecule has 2 aromatic carbocycles. The number of nitrogens with zero attached hydrogens (tertiary/aromatic N) is 4. The zero-order chi connectivity index (χ0) is 23.4. The number of amides is 1. The Balaban J connectivity index is 1.30. The highest BCUT2D eigenvalue weighted by atomic mass is 35.5. The zero-order valence-corrected chi connectivity index (χ0v) is 19.8. The van der Waals surface area contributed by atoms with Gasteiger partial charge >= 0.3 is 0 Å². The first kappa shape index (κ1) is 22.9. The van der Waals surface area contributed by atoms with Gasteiger partial charge in [0.1, 0.15) is 11.5 Å². The van der Waals surface area contributed by atoms with Gasteiger partial charge in [0.25, 0.3) is 5.91 Å². The van der Waals surface area contributed by atoms with Gasteiger partial charge in [0, 0.05) is 36.8 Å². The molecule has 0 N–H and O–H groups in total. The fraction of sp³-hybridized carbons (Fsp3) is 0.320. The highest BCUT2D eigenvalue weighted by Gasteiger charge is 2.22. The lowest BCUT2D eigenvalue weighted by Crippen LogP contribution is -2.50. The maximum Gasteiger partial charge on any atom is 0.260 e. The van der Waals surface area contributed by atoms with Crippen LogP contribution in [0.5, 0.6) is 11.5 Å². The summed E-state index contributed by atoms with van der Waals surface area (Å²) < 4.78 is 11.0. The third-order valence-electron chi connectivity index (χ3n) is 5.74. The number of benzene rings is 2. The topological polar surface area (TPSA) is 67.8 Å². The molecular weight excluding hydrogens is 440 g/mol. The number of rotatable bonds is 6. The van der Waals surface area contributed by atoms with Gasteiger partial charge < -0.3 is 19.3 Å². The van der Waals surface area contributed by atoms with Crippen molar-refractivity contribution in [2.24, 2.45) is 0 Å². The minimum Gasteiger partial charge on any atom is -0.497 e. The van der Waals surface area contributed by atoms with Crippen molar-refractivity contribution >= 4 is 23.3 Å². The van der Waals surface area contributed by atoms with Crippen LogP contribution < -0.4 is 14.4 Å². The van der Waals surface area contributed by atoms with Crippen LogP contribution in [-0.4, -0.2) is 60.9 Å². The minimum absolute atomic E-state index is 0.00948. The van der Waals surface area contributed by atoms with Crippen LogP contribution in [0, 0.1) is 13.8 Å². The van der Waals surface area contributed by atoms with Gasteiger partial charge in [-0.1, -0.05) is 23.7 Å². The number of hydrogen-bond donors (Lipinski definition) is 0. The third-order valence-corrected chi connectivity index (χ3v) is 6.34. The van der Waals surface area contributed by atoms with Gasteiger partial charge in [-0.15, -0.1) is 10.2 Å². The van der Waals surface area contributed by atoms with E-state index >= 15 is 0 Å². The Morgan fingerprint density at radius 2 is 1.70 bits per heavy atom. The number of piperazine rings is 1. The van der Waals surface area contributed by atoms with E-state index in [1.807, 2.05) is 67.3 Å². The smallest absolute Gasteiger partial charge is 0.260 e. The van der Waals surface area contributed by atoms with Crippen molar-refractivity contribution in [3.63, 3.8) is 0 Å². The van der Waals surface area contributed by atoms with Crippen LogP contribution in [0.3, 0.4) is 0 Å². The molecule has 33 heavy (non-hydrogen) atoms. The van der Waals surface area contributed by atoms with Gasteiger partial charge in [-0.2, -0.15) is 0 Å². The molecule has 3 aromatic rings. The van der Waals surface area contributed by atoms with E-state index in [1.165, 1.54) is 0 Å². The molecule has 1 aliphatic heterocycles. The molecule has 172 valence electrons. The van der Waals surface area contributed by atoms with E-state index in [9.17, 15) is 4.79 Å². The van der Waals surface area contributed by atoms with E-state index in [0.717, 1.165) is 39.0 Å². The Morgan fingerprint density at radius 1 is 0.970 bits per heavy atom. The Labute approximate surface area is 198 Å². The molecule has 1 aromatic heterocycles. The normalized spacial score (nSPS) is 13.7. The summed E-state index contributed by atoms with van der Waals surface area (Å²) in [6.07, 6.45) is 0. The molecule has 0 bridgehead atoms. The summed E-state index contributed by atoms with van der Waals surface area (Å²) in [6.45, 7) is 6.47. The van der Waals surface area contributed by atoms with Gasteiger partial charge in [0.2, 0.25) is 0 Å². The number of hydrogen-bond acceptors (Lipinski definition) is 6. The van der Waals surface area contributed by atoms with Gasteiger partial charge in [0.15, 0.2) is 12.4 Å². The average Bonchev–Trinajstić information content (AvgIpc) is 2.86. The van der Waals surface area contributed by atoms with E-state index in [-0.39, 0.29) is 12.5 Å². The quantitative estimate of drug-likeness (QED) is 0.543. The predicted octanol–water partition coefficient (Wildman–Crippen LogP) is 4.15. The highest BCUT2D eigenvalue weighted by Crippen LogP contribution is 2.26. The first-order valence-corrected chi connectivity index (χ1v) is 11.2. The zero-order valence-electron chi connectivity index (χ0n) is 19.0. The van der Waals surface area contributed by atoms with E-state index in [0.29, 0.717) is 31.9 Å². The number of halogens is 1. The van der Waals surface area contributed by atoms with Crippen LogP contribution in [0.15, 0.2) is 48.5 Å². The first-order valence-electron chi connectivity index (χ1n) is 10.8. The van der Waals surface area contributed by atoms with E-state index < -0.39 is 0 Å². The van der Waals surface area contributed by atoms with Crippen molar-refractivity contribution in [2.75, 3.05) is 44.8 Å². The molecule has 0 unspecified atom stereocenters. The second-order valence-electron chi connectivity index (χ2n) is 8.04. The number of carbonyl (C=O) groups is 1. The maximum atomic E-state index is 12.6. The fourth-order valence-corrected chi connectivity index (χ4v) is 3.95. The van der Waals surface area contributed by atoms with Gasteiger partial charge in [-0.3, -0.25) is 4.79 Å². The van der Waals surface area contributed by atoms with Crippen molar-refractivity contribution in [3.8, 4) is 22.8 Å². The molecule has 0 atom stereocenters. The number of carbonyl (C=O) groups excluding carboxylic acids is 1.